The number of amides is 2. The number of methoxy groups -OCH3 is 1. The van der Waals surface area contributed by atoms with Crippen LogP contribution in [0.25, 0.3) is 0 Å². The van der Waals surface area contributed by atoms with Gasteiger partial charge in [0.2, 0.25) is 11.8 Å². The Kier molecular flexibility index (Phi) is 11.1. The van der Waals surface area contributed by atoms with E-state index in [1.807, 2.05) is 20.8 Å². The number of aryl methyl sites for hydroxylation is 1. The largest absolute Gasteiger partial charge is 0.497 e. The lowest BCUT2D eigenvalue weighted by Gasteiger charge is -2.33. The first-order valence-electron chi connectivity index (χ1n) is 13.1. The predicted octanol–water partition coefficient (Wildman–Crippen LogP) is 5.84. The normalized spacial score (nSPS) is 12.1. The molecule has 0 spiro atoms. The van der Waals surface area contributed by atoms with Gasteiger partial charge in [-0.25, -0.2) is 8.42 Å². The van der Waals surface area contributed by atoms with Gasteiger partial charge in [-0.2, -0.15) is 0 Å². The number of sulfonamides is 1. The lowest BCUT2D eigenvalue weighted by atomic mass is 10.1. The van der Waals surface area contributed by atoms with Gasteiger partial charge >= 0.3 is 0 Å². The summed E-state index contributed by atoms with van der Waals surface area (Å²) in [4.78, 5) is 28.8. The minimum atomic E-state index is -4.20. The molecule has 0 fully saturated rings. The monoisotopic (exact) mass is 619 g/mol. The third kappa shape index (κ3) is 8.15. The quantitative estimate of drug-likeness (QED) is 0.275. The summed E-state index contributed by atoms with van der Waals surface area (Å²) in [6, 6.07) is 16.7. The Morgan fingerprint density at radius 2 is 1.68 bits per heavy atom. The summed E-state index contributed by atoms with van der Waals surface area (Å²) in [5.74, 6) is -0.512. The average molecular weight is 621 g/mol. The van der Waals surface area contributed by atoms with Gasteiger partial charge in [-0.05, 0) is 69.2 Å². The van der Waals surface area contributed by atoms with Gasteiger partial charge < -0.3 is 15.0 Å². The lowest BCUT2D eigenvalue weighted by Crippen LogP contribution is -2.53. The molecule has 3 aromatic carbocycles. The molecule has 0 bridgehead atoms. The summed E-state index contributed by atoms with van der Waals surface area (Å²) in [5.41, 5.74) is 1.69. The van der Waals surface area contributed by atoms with Crippen LogP contribution in [0.1, 0.15) is 38.3 Å². The Balaban J connectivity index is 2.10. The number of ether oxygens (including phenoxy) is 1. The molecule has 0 heterocycles. The number of anilines is 1. The van der Waals surface area contributed by atoms with Gasteiger partial charge in [0.25, 0.3) is 10.0 Å². The molecule has 41 heavy (non-hydrogen) atoms. The van der Waals surface area contributed by atoms with Crippen molar-refractivity contribution in [2.45, 2.75) is 57.6 Å². The third-order valence-corrected chi connectivity index (χ3v) is 8.78. The van der Waals surface area contributed by atoms with E-state index >= 15 is 0 Å². The fourth-order valence-electron chi connectivity index (χ4n) is 4.27. The molecular weight excluding hydrogens is 585 g/mol. The highest BCUT2D eigenvalue weighted by atomic mass is 35.5. The van der Waals surface area contributed by atoms with Gasteiger partial charge in [-0.15, -0.1) is 0 Å². The number of halogens is 2. The summed E-state index contributed by atoms with van der Waals surface area (Å²) < 4.78 is 34.3. The summed E-state index contributed by atoms with van der Waals surface area (Å²) in [6.07, 6.45) is 0.291. The highest BCUT2D eigenvalue weighted by molar-refractivity contribution is 7.92. The molecule has 0 aliphatic rings. The first-order chi connectivity index (χ1) is 19.4. The van der Waals surface area contributed by atoms with Crippen LogP contribution in [0.5, 0.6) is 5.75 Å². The molecule has 8 nitrogen and oxygen atoms in total. The van der Waals surface area contributed by atoms with Crippen molar-refractivity contribution in [1.82, 2.24) is 10.2 Å². The molecule has 0 radical (unpaired) electrons. The molecule has 0 aliphatic heterocycles. The maximum absolute atomic E-state index is 14.1. The number of rotatable bonds is 12. The second-order valence-electron chi connectivity index (χ2n) is 9.87. The van der Waals surface area contributed by atoms with Crippen molar-refractivity contribution < 1.29 is 22.7 Å². The molecule has 0 aliphatic carbocycles. The Hall–Kier alpha value is -3.27. The van der Waals surface area contributed by atoms with Gasteiger partial charge in [0, 0.05) is 28.7 Å². The van der Waals surface area contributed by atoms with Gasteiger partial charge in [0.1, 0.15) is 18.3 Å². The summed E-state index contributed by atoms with van der Waals surface area (Å²) >= 11 is 12.5. The van der Waals surface area contributed by atoms with Gasteiger partial charge in [0.15, 0.2) is 0 Å². The van der Waals surface area contributed by atoms with E-state index in [-0.39, 0.29) is 29.1 Å². The maximum Gasteiger partial charge on any atom is 0.264 e. The van der Waals surface area contributed by atoms with Gasteiger partial charge in [-0.3, -0.25) is 13.9 Å². The Morgan fingerprint density at radius 3 is 2.27 bits per heavy atom. The van der Waals surface area contributed by atoms with E-state index in [1.165, 1.54) is 24.1 Å². The average Bonchev–Trinajstić information content (AvgIpc) is 2.92. The van der Waals surface area contributed by atoms with Crippen LogP contribution in [0.15, 0.2) is 71.6 Å². The molecule has 2 amide bonds. The number of nitrogens with one attached hydrogen (secondary N) is 1. The SMILES string of the molecule is CC[C@@H](C(=O)NC(C)C)N(Cc1ccc(Cl)cc1Cl)C(=O)CN(c1cccc(OC)c1)S(=O)(=O)c1ccc(C)cc1. The molecule has 1 atom stereocenters. The zero-order valence-electron chi connectivity index (χ0n) is 23.7. The second kappa shape index (κ2) is 14.1. The standard InChI is InChI=1S/C30H35Cl2N3O5S/c1-6-28(30(37)33-20(2)3)34(18-22-12-13-23(31)16-27(22)32)29(36)19-35(24-8-7-9-25(17-24)40-5)41(38,39)26-14-10-21(4)11-15-26/h7-17,20,28H,6,18-19H2,1-5H3,(H,33,37)/t28-/m0/s1. The van der Waals surface area contributed by atoms with Crippen LogP contribution in [0, 0.1) is 6.92 Å². The van der Waals surface area contributed by atoms with Crippen molar-refractivity contribution in [3.05, 3.63) is 87.9 Å². The Bertz CT molecular complexity index is 1480. The first kappa shape index (κ1) is 32.2. The predicted molar refractivity (Wildman–Crippen MR) is 163 cm³/mol. The van der Waals surface area contributed by atoms with Crippen molar-refractivity contribution >= 4 is 50.7 Å². The summed E-state index contributed by atoms with van der Waals surface area (Å²) in [7, 11) is -2.72. The fraction of sp³-hybridized carbons (Fsp3) is 0.333. The molecule has 0 saturated carbocycles. The maximum atomic E-state index is 14.1. The van der Waals surface area contributed by atoms with Crippen LogP contribution in [0.3, 0.4) is 0 Å². The Labute approximate surface area is 252 Å². The van der Waals surface area contributed by atoms with Crippen molar-refractivity contribution in [1.29, 1.82) is 0 Å². The van der Waals surface area contributed by atoms with E-state index in [0.29, 0.717) is 27.8 Å². The third-order valence-electron chi connectivity index (χ3n) is 6.40. The molecular formula is C30H35Cl2N3O5S. The van der Waals surface area contributed by atoms with E-state index in [9.17, 15) is 18.0 Å². The molecule has 0 aromatic heterocycles. The van der Waals surface area contributed by atoms with E-state index in [1.54, 1.807) is 61.5 Å². The van der Waals surface area contributed by atoms with E-state index in [4.69, 9.17) is 27.9 Å². The molecule has 220 valence electrons. The number of benzene rings is 3. The topological polar surface area (TPSA) is 96.0 Å². The molecule has 0 saturated heterocycles. The minimum absolute atomic E-state index is 0.0237. The smallest absolute Gasteiger partial charge is 0.264 e. The van der Waals surface area contributed by atoms with Crippen molar-refractivity contribution in [2.24, 2.45) is 0 Å². The zero-order valence-corrected chi connectivity index (χ0v) is 26.1. The highest BCUT2D eigenvalue weighted by Crippen LogP contribution is 2.29. The molecule has 0 unspecified atom stereocenters. The van der Waals surface area contributed by atoms with Crippen molar-refractivity contribution in [3.8, 4) is 5.75 Å². The minimum Gasteiger partial charge on any atom is -0.497 e. The van der Waals surface area contributed by atoms with Gasteiger partial charge in [0.05, 0.1) is 17.7 Å². The van der Waals surface area contributed by atoms with E-state index in [2.05, 4.69) is 5.32 Å². The van der Waals surface area contributed by atoms with Crippen LogP contribution in [-0.2, 0) is 26.2 Å². The Morgan fingerprint density at radius 1 is 1.00 bits per heavy atom. The molecule has 3 rings (SSSR count). The number of hydrogen-bond donors (Lipinski definition) is 1. The van der Waals surface area contributed by atoms with Crippen LogP contribution in [0.2, 0.25) is 10.0 Å². The fourth-order valence-corrected chi connectivity index (χ4v) is 6.14. The zero-order chi connectivity index (χ0) is 30.3. The van der Waals surface area contributed by atoms with Crippen molar-refractivity contribution in [3.63, 3.8) is 0 Å². The summed E-state index contributed by atoms with van der Waals surface area (Å²) in [5, 5.41) is 3.62. The van der Waals surface area contributed by atoms with Crippen LogP contribution < -0.4 is 14.4 Å². The summed E-state index contributed by atoms with van der Waals surface area (Å²) in [6.45, 7) is 6.69. The lowest BCUT2D eigenvalue weighted by molar-refractivity contribution is -0.140. The molecule has 3 aromatic rings. The highest BCUT2D eigenvalue weighted by Gasteiger charge is 2.34. The number of nitrogens with zero attached hydrogens (tertiary/aromatic N) is 2. The number of hydrogen-bond acceptors (Lipinski definition) is 5. The van der Waals surface area contributed by atoms with Crippen LogP contribution >= 0.6 is 23.2 Å². The molecule has 1 N–H and O–H groups in total. The van der Waals surface area contributed by atoms with Gasteiger partial charge in [-0.1, -0.05) is 60.0 Å². The van der Waals surface area contributed by atoms with E-state index in [0.717, 1.165) is 9.87 Å². The first-order valence-corrected chi connectivity index (χ1v) is 15.3. The van der Waals surface area contributed by atoms with Crippen LogP contribution in [-0.4, -0.2) is 50.9 Å². The molecule has 11 heteroatoms. The van der Waals surface area contributed by atoms with Crippen molar-refractivity contribution in [2.75, 3.05) is 18.0 Å². The van der Waals surface area contributed by atoms with Crippen LogP contribution in [0.4, 0.5) is 5.69 Å². The second-order valence-corrected chi connectivity index (χ2v) is 12.6. The number of carbonyl (C=O) groups is 2. The number of carbonyl (C=O) groups excluding carboxylic acids is 2. The van der Waals surface area contributed by atoms with E-state index < -0.39 is 28.5 Å².